The van der Waals surface area contributed by atoms with Gasteiger partial charge in [-0.1, -0.05) is 0 Å². The van der Waals surface area contributed by atoms with Crippen LogP contribution in [-0.4, -0.2) is 18.9 Å². The zero-order chi connectivity index (χ0) is 7.12. The molecule has 0 spiro atoms. The van der Waals surface area contributed by atoms with Crippen LogP contribution in [0.5, 0.6) is 0 Å². The fraction of sp³-hybridized carbons (Fsp3) is 0.857. The van der Waals surface area contributed by atoms with Crippen LogP contribution in [0.3, 0.4) is 0 Å². The molecule has 0 N–H and O–H groups in total. The van der Waals surface area contributed by atoms with Gasteiger partial charge in [-0.25, -0.2) is 0 Å². The molecule has 2 nitrogen and oxygen atoms in total. The third-order valence-corrected chi connectivity index (χ3v) is 2.14. The van der Waals surface area contributed by atoms with Crippen molar-refractivity contribution in [2.24, 2.45) is 0 Å². The Balaban J connectivity index is -0.000000101. The number of rotatable bonds is 0. The Kier molecular flexibility index (Phi) is 14.2. The van der Waals surface area contributed by atoms with Crippen molar-refractivity contribution in [3.05, 3.63) is 7.43 Å². The van der Waals surface area contributed by atoms with Gasteiger partial charge in [0.1, 0.15) is 0 Å². The zero-order valence-corrected chi connectivity index (χ0v) is 13.6. The standard InChI is InChI=1S/C6H12BO2.CH3.2H3P.Rh/c1-5(2)6(3,4)9-7-8-5;;;;/h1-4H3;3*1H3;/q;-1;;;. The van der Waals surface area contributed by atoms with Crippen molar-refractivity contribution in [2.75, 3.05) is 0 Å². The summed E-state index contributed by atoms with van der Waals surface area (Å²) in [4.78, 5) is 0. The first-order valence-electron chi connectivity index (χ1n) is 3.13. The van der Waals surface area contributed by atoms with Crippen LogP contribution >= 0.6 is 19.8 Å². The summed E-state index contributed by atoms with van der Waals surface area (Å²) in [5.74, 6) is 0. The monoisotopic (exact) mass is 313 g/mol. The van der Waals surface area contributed by atoms with Crippen LogP contribution in [0.15, 0.2) is 0 Å². The van der Waals surface area contributed by atoms with E-state index >= 15 is 0 Å². The molecule has 1 saturated heterocycles. The number of hydrogen-bond acceptors (Lipinski definition) is 2. The Labute approximate surface area is 103 Å². The molecule has 1 fully saturated rings. The second-order valence-electron chi connectivity index (χ2n) is 3.35. The fourth-order valence-corrected chi connectivity index (χ4v) is 0.548. The first-order valence-corrected chi connectivity index (χ1v) is 3.13. The molecule has 0 aromatic heterocycles. The van der Waals surface area contributed by atoms with Gasteiger partial charge in [0, 0.05) is 19.5 Å². The van der Waals surface area contributed by atoms with Crippen LogP contribution in [0, 0.1) is 7.43 Å². The summed E-state index contributed by atoms with van der Waals surface area (Å²) < 4.78 is 10.4. The normalized spacial score (nSPS) is 20.6. The minimum atomic E-state index is -0.188. The predicted molar refractivity (Wildman–Crippen MR) is 64.7 cm³/mol. The Morgan fingerprint density at radius 2 is 1.08 bits per heavy atom. The molecule has 2 unspecified atom stereocenters. The molecule has 0 aromatic rings. The SMILES string of the molecule is CC1(C)O[B]OC1(C)C.P.P.[CH3-].[Rh]. The van der Waals surface area contributed by atoms with Crippen molar-refractivity contribution in [1.82, 2.24) is 0 Å². The Hall–Kier alpha value is 1.47. The minimum Gasteiger partial charge on any atom is -0.405 e. The van der Waals surface area contributed by atoms with E-state index in [9.17, 15) is 0 Å². The van der Waals surface area contributed by atoms with Crippen molar-refractivity contribution in [3.63, 3.8) is 0 Å². The van der Waals surface area contributed by atoms with E-state index in [4.69, 9.17) is 9.31 Å². The first-order chi connectivity index (χ1) is 3.96. The topological polar surface area (TPSA) is 18.5 Å². The minimum absolute atomic E-state index is 0. The largest absolute Gasteiger partial charge is 0.488 e. The van der Waals surface area contributed by atoms with E-state index in [0.29, 0.717) is 0 Å². The average Bonchev–Trinajstić information content (AvgIpc) is 1.81. The quantitative estimate of drug-likeness (QED) is 0.385. The van der Waals surface area contributed by atoms with E-state index in [1.165, 1.54) is 7.69 Å². The smallest absolute Gasteiger partial charge is 0.405 e. The van der Waals surface area contributed by atoms with Crippen molar-refractivity contribution in [2.45, 2.75) is 38.9 Å². The van der Waals surface area contributed by atoms with Crippen LogP contribution in [0.2, 0.25) is 0 Å². The van der Waals surface area contributed by atoms with E-state index in [2.05, 4.69) is 0 Å². The van der Waals surface area contributed by atoms with Gasteiger partial charge >= 0.3 is 7.69 Å². The molecule has 0 saturated carbocycles. The van der Waals surface area contributed by atoms with Gasteiger partial charge in [0.15, 0.2) is 0 Å². The van der Waals surface area contributed by atoms with Gasteiger partial charge in [-0.15, -0.1) is 0 Å². The van der Waals surface area contributed by atoms with Gasteiger partial charge in [0.25, 0.3) is 0 Å². The molecule has 1 heterocycles. The summed E-state index contributed by atoms with van der Waals surface area (Å²) in [6.45, 7) is 8.04. The van der Waals surface area contributed by atoms with E-state index in [1.54, 1.807) is 0 Å². The van der Waals surface area contributed by atoms with Crippen molar-refractivity contribution in [3.8, 4) is 0 Å². The van der Waals surface area contributed by atoms with Gasteiger partial charge in [-0.05, 0) is 27.7 Å². The van der Waals surface area contributed by atoms with Crippen LogP contribution in [0.25, 0.3) is 0 Å². The van der Waals surface area contributed by atoms with Crippen molar-refractivity contribution >= 4 is 27.5 Å². The molecule has 1 aliphatic rings. The Bertz CT molecular complexity index is 120. The summed E-state index contributed by atoms with van der Waals surface area (Å²) >= 11 is 0. The average molecular weight is 313 g/mol. The summed E-state index contributed by atoms with van der Waals surface area (Å²) in [7, 11) is 1.42. The molecule has 0 aromatic carbocycles. The molecule has 1 aliphatic heterocycles. The molecule has 84 valence electrons. The summed E-state index contributed by atoms with van der Waals surface area (Å²) in [6, 6.07) is 0. The third kappa shape index (κ3) is 5.19. The second-order valence-corrected chi connectivity index (χ2v) is 3.35. The molecule has 0 bridgehead atoms. The third-order valence-electron chi connectivity index (χ3n) is 2.14. The van der Waals surface area contributed by atoms with Crippen LogP contribution in [-0.2, 0) is 28.8 Å². The molecule has 0 aliphatic carbocycles. The van der Waals surface area contributed by atoms with Crippen molar-refractivity contribution < 1.29 is 28.8 Å². The molecule has 2 atom stereocenters. The Morgan fingerprint density at radius 3 is 1.15 bits per heavy atom. The molecule has 0 amide bonds. The maximum Gasteiger partial charge on any atom is 0.488 e. The Morgan fingerprint density at radius 1 is 0.846 bits per heavy atom. The molecule has 1 rings (SSSR count). The van der Waals surface area contributed by atoms with Crippen LogP contribution < -0.4 is 0 Å². The zero-order valence-electron chi connectivity index (χ0n) is 9.14. The molecule has 2 radical (unpaired) electrons. The van der Waals surface area contributed by atoms with Gasteiger partial charge in [-0.3, -0.25) is 0 Å². The van der Waals surface area contributed by atoms with E-state index in [0.717, 1.165) is 0 Å². The molecule has 13 heavy (non-hydrogen) atoms. The molecular formula is C7H21BO2P2Rh-. The molecule has 6 heteroatoms. The van der Waals surface area contributed by atoms with Gasteiger partial charge in [0.2, 0.25) is 0 Å². The van der Waals surface area contributed by atoms with Gasteiger partial charge in [-0.2, -0.15) is 19.8 Å². The maximum absolute atomic E-state index is 5.21. The summed E-state index contributed by atoms with van der Waals surface area (Å²) in [6.07, 6.45) is 0. The van der Waals surface area contributed by atoms with E-state index in [-0.39, 0.29) is 57.9 Å². The predicted octanol–water partition coefficient (Wildman–Crippen LogP) is 1.69. The van der Waals surface area contributed by atoms with Crippen molar-refractivity contribution in [1.29, 1.82) is 0 Å². The van der Waals surface area contributed by atoms with Crippen LogP contribution in [0.1, 0.15) is 27.7 Å². The summed E-state index contributed by atoms with van der Waals surface area (Å²) in [5, 5.41) is 0. The van der Waals surface area contributed by atoms with Crippen LogP contribution in [0.4, 0.5) is 0 Å². The van der Waals surface area contributed by atoms with Gasteiger partial charge in [0.05, 0.1) is 11.2 Å². The van der Waals surface area contributed by atoms with E-state index in [1.807, 2.05) is 27.7 Å². The second kappa shape index (κ2) is 7.72. The molecular weight excluding hydrogens is 292 g/mol. The van der Waals surface area contributed by atoms with E-state index < -0.39 is 0 Å². The van der Waals surface area contributed by atoms with Gasteiger partial charge < -0.3 is 16.7 Å². The summed E-state index contributed by atoms with van der Waals surface area (Å²) in [5.41, 5.74) is -0.375. The fourth-order valence-electron chi connectivity index (χ4n) is 0.548. The first kappa shape index (κ1) is 23.9. The maximum atomic E-state index is 5.21. The number of hydrogen-bond donors (Lipinski definition) is 0.